The summed E-state index contributed by atoms with van der Waals surface area (Å²) in [7, 11) is 1.59. The average Bonchev–Trinajstić information content (AvgIpc) is 2.98. The lowest BCUT2D eigenvalue weighted by Crippen LogP contribution is -2.02. The molecule has 2 nitrogen and oxygen atoms in total. The third-order valence-corrected chi connectivity index (χ3v) is 5.53. The first-order valence-corrected chi connectivity index (χ1v) is 8.32. The van der Waals surface area contributed by atoms with Crippen molar-refractivity contribution in [3.63, 3.8) is 0 Å². The van der Waals surface area contributed by atoms with Gasteiger partial charge in [0.15, 0.2) is 0 Å². The number of hydrogen-bond acceptors (Lipinski definition) is 4. The maximum absolute atomic E-state index is 12.6. The molecular formula is C14H9IO2S2. The third kappa shape index (κ3) is 2.42. The van der Waals surface area contributed by atoms with Gasteiger partial charge in [0.1, 0.15) is 5.75 Å². The highest BCUT2D eigenvalue weighted by Crippen LogP contribution is 2.33. The fourth-order valence-corrected chi connectivity index (χ4v) is 4.42. The number of hydrogen-bond donors (Lipinski definition) is 0. The van der Waals surface area contributed by atoms with Crippen LogP contribution in [0.1, 0.15) is 15.2 Å². The van der Waals surface area contributed by atoms with Gasteiger partial charge in [-0.2, -0.15) is 0 Å². The van der Waals surface area contributed by atoms with E-state index in [2.05, 4.69) is 22.6 Å². The molecule has 0 radical (unpaired) electrons. The zero-order valence-electron chi connectivity index (χ0n) is 9.98. The van der Waals surface area contributed by atoms with Gasteiger partial charge < -0.3 is 4.74 Å². The van der Waals surface area contributed by atoms with Crippen LogP contribution >= 0.6 is 45.3 Å². The van der Waals surface area contributed by atoms with Crippen molar-refractivity contribution in [2.75, 3.05) is 7.11 Å². The molecule has 2 aromatic heterocycles. The Bertz CT molecular complexity index is 729. The van der Waals surface area contributed by atoms with Crippen LogP contribution in [0.25, 0.3) is 9.40 Å². The number of rotatable bonds is 3. The molecule has 2 heterocycles. The molecule has 0 saturated heterocycles. The largest absolute Gasteiger partial charge is 0.496 e. The van der Waals surface area contributed by atoms with E-state index in [0.717, 1.165) is 17.8 Å². The monoisotopic (exact) mass is 400 g/mol. The summed E-state index contributed by atoms with van der Waals surface area (Å²) in [5.74, 6) is 0.658. The minimum absolute atomic E-state index is 0.0313. The highest BCUT2D eigenvalue weighted by atomic mass is 127. The topological polar surface area (TPSA) is 26.3 Å². The normalized spacial score (nSPS) is 10.8. The van der Waals surface area contributed by atoms with Crippen LogP contribution in [-0.2, 0) is 0 Å². The Hall–Kier alpha value is -0.920. The molecule has 0 aliphatic carbocycles. The molecule has 0 N–H and O–H groups in total. The highest BCUT2D eigenvalue weighted by molar-refractivity contribution is 14.1. The number of halogens is 1. The second-order valence-electron chi connectivity index (χ2n) is 3.93. The maximum atomic E-state index is 12.6. The molecular weight excluding hydrogens is 391 g/mol. The second kappa shape index (κ2) is 5.22. The molecule has 0 bridgehead atoms. The Balaban J connectivity index is 2.08. The van der Waals surface area contributed by atoms with Crippen molar-refractivity contribution in [3.8, 4) is 5.75 Å². The fraction of sp³-hybridized carbons (Fsp3) is 0.0714. The zero-order valence-corrected chi connectivity index (χ0v) is 13.8. The number of thiophene rings is 2. The first-order valence-electron chi connectivity index (χ1n) is 5.54. The number of benzene rings is 1. The summed E-state index contributed by atoms with van der Waals surface area (Å²) in [6.45, 7) is 0. The predicted molar refractivity (Wildman–Crippen MR) is 88.8 cm³/mol. The molecule has 0 fully saturated rings. The van der Waals surface area contributed by atoms with Gasteiger partial charge in [0.2, 0.25) is 5.78 Å². The lowest BCUT2D eigenvalue weighted by Gasteiger charge is -2.06. The molecule has 0 spiro atoms. The molecule has 0 aliphatic heterocycles. The molecule has 3 aromatic rings. The smallest absolute Gasteiger partial charge is 0.206 e. The number of methoxy groups -OCH3 is 1. The summed E-state index contributed by atoms with van der Waals surface area (Å²) >= 11 is 5.40. The number of fused-ring (bicyclic) bond motifs is 1. The number of ether oxygens (including phenoxy) is 1. The summed E-state index contributed by atoms with van der Waals surface area (Å²) in [5, 5.41) is 2.04. The van der Waals surface area contributed by atoms with E-state index in [1.807, 2.05) is 35.7 Å². The van der Waals surface area contributed by atoms with Gasteiger partial charge in [-0.15, -0.1) is 22.7 Å². The fourth-order valence-electron chi connectivity index (χ4n) is 1.87. The Morgan fingerprint density at radius 1 is 1.21 bits per heavy atom. The lowest BCUT2D eigenvalue weighted by atomic mass is 10.1. The number of ketones is 1. The van der Waals surface area contributed by atoms with Gasteiger partial charge in [-0.1, -0.05) is 0 Å². The zero-order chi connectivity index (χ0) is 13.4. The van der Waals surface area contributed by atoms with Gasteiger partial charge in [-0.3, -0.25) is 4.79 Å². The Labute approximate surface area is 132 Å². The van der Waals surface area contributed by atoms with E-state index in [1.54, 1.807) is 18.4 Å². The average molecular weight is 400 g/mol. The summed E-state index contributed by atoms with van der Waals surface area (Å²) in [4.78, 5) is 13.3. The van der Waals surface area contributed by atoms with Crippen molar-refractivity contribution in [1.29, 1.82) is 0 Å². The molecule has 0 atom stereocenters. The summed E-state index contributed by atoms with van der Waals surface area (Å²) in [6, 6.07) is 9.66. The standard InChI is InChI=1S/C14H9IO2S2/c1-17-10-3-2-8(15)6-9(10)14(16)13-7-12-11(19-13)4-5-18-12/h2-7H,1H3. The lowest BCUT2D eigenvalue weighted by molar-refractivity contribution is 0.103. The van der Waals surface area contributed by atoms with Crippen LogP contribution in [0, 0.1) is 3.57 Å². The van der Waals surface area contributed by atoms with Crippen molar-refractivity contribution in [2.45, 2.75) is 0 Å². The molecule has 96 valence electrons. The first kappa shape index (κ1) is 13.1. The molecule has 0 saturated carbocycles. The summed E-state index contributed by atoms with van der Waals surface area (Å²) in [5.41, 5.74) is 0.628. The van der Waals surface area contributed by atoms with Crippen molar-refractivity contribution >= 4 is 60.4 Å². The van der Waals surface area contributed by atoms with E-state index < -0.39 is 0 Å². The van der Waals surface area contributed by atoms with Gasteiger partial charge in [0, 0.05) is 13.0 Å². The van der Waals surface area contributed by atoms with Crippen LogP contribution in [0.3, 0.4) is 0 Å². The van der Waals surface area contributed by atoms with E-state index in [9.17, 15) is 4.79 Å². The van der Waals surface area contributed by atoms with Gasteiger partial charge >= 0.3 is 0 Å². The van der Waals surface area contributed by atoms with Gasteiger partial charge in [0.05, 0.1) is 17.6 Å². The van der Waals surface area contributed by atoms with Crippen LogP contribution in [0.15, 0.2) is 35.7 Å². The Morgan fingerprint density at radius 2 is 2.05 bits per heavy atom. The van der Waals surface area contributed by atoms with Crippen molar-refractivity contribution in [1.82, 2.24) is 0 Å². The van der Waals surface area contributed by atoms with Crippen molar-refractivity contribution in [3.05, 3.63) is 49.7 Å². The van der Waals surface area contributed by atoms with Crippen LogP contribution in [0.5, 0.6) is 5.75 Å². The highest BCUT2D eigenvalue weighted by Gasteiger charge is 2.17. The van der Waals surface area contributed by atoms with E-state index in [4.69, 9.17) is 4.74 Å². The van der Waals surface area contributed by atoms with Crippen molar-refractivity contribution < 1.29 is 9.53 Å². The van der Waals surface area contributed by atoms with E-state index in [-0.39, 0.29) is 5.78 Å². The van der Waals surface area contributed by atoms with Gasteiger partial charge in [-0.25, -0.2) is 0 Å². The van der Waals surface area contributed by atoms with Gasteiger partial charge in [0.25, 0.3) is 0 Å². The first-order chi connectivity index (χ1) is 9.19. The minimum atomic E-state index is 0.0313. The molecule has 1 aromatic carbocycles. The molecule has 0 aliphatic rings. The Morgan fingerprint density at radius 3 is 2.79 bits per heavy atom. The van der Waals surface area contributed by atoms with Crippen LogP contribution in [0.4, 0.5) is 0 Å². The van der Waals surface area contributed by atoms with Crippen LogP contribution in [0.2, 0.25) is 0 Å². The predicted octanol–water partition coefficient (Wildman–Crippen LogP) is 4.81. The van der Waals surface area contributed by atoms with E-state index in [0.29, 0.717) is 11.3 Å². The molecule has 0 amide bonds. The van der Waals surface area contributed by atoms with Crippen molar-refractivity contribution in [2.24, 2.45) is 0 Å². The third-order valence-electron chi connectivity index (χ3n) is 2.77. The second-order valence-corrected chi connectivity index (χ2v) is 7.21. The molecule has 19 heavy (non-hydrogen) atoms. The van der Waals surface area contributed by atoms with E-state index in [1.165, 1.54) is 11.3 Å². The summed E-state index contributed by atoms with van der Waals surface area (Å²) in [6.07, 6.45) is 0. The van der Waals surface area contributed by atoms with Crippen LogP contribution < -0.4 is 4.74 Å². The van der Waals surface area contributed by atoms with Crippen LogP contribution in [-0.4, -0.2) is 12.9 Å². The summed E-state index contributed by atoms with van der Waals surface area (Å²) < 4.78 is 8.64. The van der Waals surface area contributed by atoms with E-state index >= 15 is 0 Å². The maximum Gasteiger partial charge on any atom is 0.206 e. The molecule has 3 rings (SSSR count). The number of carbonyl (C=O) groups excluding carboxylic acids is 1. The molecule has 5 heteroatoms. The van der Waals surface area contributed by atoms with Gasteiger partial charge in [-0.05, 0) is 58.3 Å². The molecule has 0 unspecified atom stereocenters. The SMILES string of the molecule is COc1ccc(I)cc1C(=O)c1cc2sccc2s1. The number of carbonyl (C=O) groups is 1. The quantitative estimate of drug-likeness (QED) is 0.466. The minimum Gasteiger partial charge on any atom is -0.496 e. The Kier molecular flexibility index (Phi) is 3.60.